The molecule has 0 aliphatic rings. The van der Waals surface area contributed by atoms with Crippen LogP contribution in [-0.4, -0.2) is 19.0 Å². The molecule has 3 nitrogen and oxygen atoms in total. The molecule has 0 aliphatic carbocycles. The van der Waals surface area contributed by atoms with Gasteiger partial charge >= 0.3 is 0 Å². The lowest BCUT2D eigenvalue weighted by Crippen LogP contribution is -2.12. The molecule has 0 bridgehead atoms. The Morgan fingerprint density at radius 3 is 2.33 bits per heavy atom. The highest BCUT2D eigenvalue weighted by Crippen LogP contribution is 2.19. The maximum absolute atomic E-state index is 12.1. The second-order valence-corrected chi connectivity index (χ2v) is 4.92. The van der Waals surface area contributed by atoms with Crippen LogP contribution < -0.4 is 9.47 Å². The molecule has 0 saturated heterocycles. The summed E-state index contributed by atoms with van der Waals surface area (Å²) in [4.78, 5) is 12.1. The van der Waals surface area contributed by atoms with Gasteiger partial charge in [0.05, 0.1) is 6.61 Å². The Balaban J connectivity index is 2.00. The highest BCUT2D eigenvalue weighted by Gasteiger charge is 2.08. The van der Waals surface area contributed by atoms with E-state index in [-0.39, 0.29) is 12.4 Å². The van der Waals surface area contributed by atoms with Crippen LogP contribution in [0.3, 0.4) is 0 Å². The van der Waals surface area contributed by atoms with Crippen molar-refractivity contribution in [1.29, 1.82) is 0 Å². The van der Waals surface area contributed by atoms with Crippen molar-refractivity contribution in [2.75, 3.05) is 13.2 Å². The monoisotopic (exact) mass is 284 g/mol. The molecule has 0 amide bonds. The highest BCUT2D eigenvalue weighted by atomic mass is 16.5. The third-order valence-corrected chi connectivity index (χ3v) is 3.32. The van der Waals surface area contributed by atoms with E-state index in [2.05, 4.69) is 0 Å². The van der Waals surface area contributed by atoms with Crippen LogP contribution in [0.1, 0.15) is 28.4 Å². The van der Waals surface area contributed by atoms with E-state index in [1.54, 1.807) is 6.07 Å². The quantitative estimate of drug-likeness (QED) is 0.753. The Morgan fingerprint density at radius 1 is 0.952 bits per heavy atom. The number of rotatable bonds is 6. The summed E-state index contributed by atoms with van der Waals surface area (Å²) in [5, 5.41) is 0. The van der Waals surface area contributed by atoms with Crippen LogP contribution in [0.5, 0.6) is 11.5 Å². The van der Waals surface area contributed by atoms with Gasteiger partial charge in [0.15, 0.2) is 12.4 Å². The van der Waals surface area contributed by atoms with Crippen LogP contribution in [0.15, 0.2) is 42.5 Å². The van der Waals surface area contributed by atoms with E-state index in [1.807, 2.05) is 57.2 Å². The molecular weight excluding hydrogens is 264 g/mol. The summed E-state index contributed by atoms with van der Waals surface area (Å²) in [6, 6.07) is 13.0. The maximum Gasteiger partial charge on any atom is 0.200 e. The zero-order chi connectivity index (χ0) is 15.2. The fraction of sp³-hybridized carbons (Fsp3) is 0.278. The molecule has 2 aromatic carbocycles. The molecule has 0 radical (unpaired) electrons. The predicted molar refractivity (Wildman–Crippen MR) is 83.4 cm³/mol. The molecule has 0 heterocycles. The van der Waals surface area contributed by atoms with Gasteiger partial charge in [-0.1, -0.05) is 18.2 Å². The summed E-state index contributed by atoms with van der Waals surface area (Å²) < 4.78 is 11.0. The summed E-state index contributed by atoms with van der Waals surface area (Å²) in [7, 11) is 0. The van der Waals surface area contributed by atoms with Crippen molar-refractivity contribution in [3.8, 4) is 11.5 Å². The maximum atomic E-state index is 12.1. The van der Waals surface area contributed by atoms with Crippen LogP contribution in [0.4, 0.5) is 0 Å². The Kier molecular flexibility index (Phi) is 4.99. The third kappa shape index (κ3) is 4.09. The average molecular weight is 284 g/mol. The number of carbonyl (C=O) groups excluding carboxylic acids is 1. The summed E-state index contributed by atoms with van der Waals surface area (Å²) >= 11 is 0. The van der Waals surface area contributed by atoms with Crippen molar-refractivity contribution in [3.63, 3.8) is 0 Å². The van der Waals surface area contributed by atoms with E-state index >= 15 is 0 Å². The average Bonchev–Trinajstić information content (AvgIpc) is 2.48. The topological polar surface area (TPSA) is 35.5 Å². The zero-order valence-electron chi connectivity index (χ0n) is 12.7. The number of hydrogen-bond donors (Lipinski definition) is 0. The van der Waals surface area contributed by atoms with Gasteiger partial charge in [-0.2, -0.15) is 0 Å². The normalized spacial score (nSPS) is 10.2. The van der Waals surface area contributed by atoms with Crippen LogP contribution in [0.2, 0.25) is 0 Å². The summed E-state index contributed by atoms with van der Waals surface area (Å²) in [6.07, 6.45) is 0. The van der Waals surface area contributed by atoms with Gasteiger partial charge in [-0.05, 0) is 50.1 Å². The zero-order valence-corrected chi connectivity index (χ0v) is 12.7. The number of benzene rings is 2. The molecule has 2 aromatic rings. The van der Waals surface area contributed by atoms with Gasteiger partial charge in [-0.25, -0.2) is 0 Å². The van der Waals surface area contributed by atoms with Crippen molar-refractivity contribution in [2.45, 2.75) is 20.8 Å². The highest BCUT2D eigenvalue weighted by molar-refractivity contribution is 5.97. The fourth-order valence-corrected chi connectivity index (χ4v) is 1.97. The number of ketones is 1. The van der Waals surface area contributed by atoms with Crippen LogP contribution in [0, 0.1) is 13.8 Å². The van der Waals surface area contributed by atoms with Gasteiger partial charge < -0.3 is 9.47 Å². The van der Waals surface area contributed by atoms with Crippen LogP contribution >= 0.6 is 0 Å². The molecule has 0 saturated carbocycles. The molecule has 2 rings (SSSR count). The molecule has 110 valence electrons. The second-order valence-electron chi connectivity index (χ2n) is 4.92. The van der Waals surface area contributed by atoms with Gasteiger partial charge in [0.25, 0.3) is 0 Å². The molecule has 0 N–H and O–H groups in total. The van der Waals surface area contributed by atoms with Gasteiger partial charge in [0, 0.05) is 11.6 Å². The minimum atomic E-state index is -0.0279. The first-order valence-electron chi connectivity index (χ1n) is 7.06. The van der Waals surface area contributed by atoms with Gasteiger partial charge in [0.1, 0.15) is 11.5 Å². The van der Waals surface area contributed by atoms with E-state index in [9.17, 15) is 4.79 Å². The first kappa shape index (κ1) is 15.1. The molecule has 0 fully saturated rings. The number of aryl methyl sites for hydroxylation is 2. The van der Waals surface area contributed by atoms with Gasteiger partial charge in [0.2, 0.25) is 0 Å². The number of hydrogen-bond acceptors (Lipinski definition) is 3. The lowest BCUT2D eigenvalue weighted by atomic mass is 10.0. The molecule has 0 atom stereocenters. The van der Waals surface area contributed by atoms with Crippen molar-refractivity contribution < 1.29 is 14.3 Å². The largest absolute Gasteiger partial charge is 0.494 e. The summed E-state index contributed by atoms with van der Waals surface area (Å²) in [5.74, 6) is 1.35. The minimum Gasteiger partial charge on any atom is -0.494 e. The van der Waals surface area contributed by atoms with E-state index in [0.717, 1.165) is 11.3 Å². The Labute approximate surface area is 125 Å². The van der Waals surface area contributed by atoms with Gasteiger partial charge in [-0.3, -0.25) is 4.79 Å². The first-order chi connectivity index (χ1) is 10.1. The van der Waals surface area contributed by atoms with Crippen molar-refractivity contribution in [2.24, 2.45) is 0 Å². The Hall–Kier alpha value is -2.29. The smallest absolute Gasteiger partial charge is 0.200 e. The Bertz CT molecular complexity index is 632. The summed E-state index contributed by atoms with van der Waals surface area (Å²) in [5.41, 5.74) is 2.97. The van der Waals surface area contributed by atoms with Crippen LogP contribution in [-0.2, 0) is 0 Å². The molecule has 21 heavy (non-hydrogen) atoms. The third-order valence-electron chi connectivity index (χ3n) is 3.32. The molecular formula is C18H20O3. The van der Waals surface area contributed by atoms with E-state index in [1.165, 1.54) is 5.56 Å². The van der Waals surface area contributed by atoms with Crippen molar-refractivity contribution >= 4 is 5.78 Å². The molecule has 0 aliphatic heterocycles. The van der Waals surface area contributed by atoms with E-state index < -0.39 is 0 Å². The van der Waals surface area contributed by atoms with Gasteiger partial charge in [-0.15, -0.1) is 0 Å². The SMILES string of the molecule is CCOc1cccc(OCC(=O)c2ccc(C)c(C)c2)c1. The molecule has 0 unspecified atom stereocenters. The molecule has 0 spiro atoms. The number of Topliss-reactive ketones (excluding diaryl/α,β-unsaturated/α-hetero) is 1. The number of carbonyl (C=O) groups is 1. The molecule has 3 heteroatoms. The summed E-state index contributed by atoms with van der Waals surface area (Å²) in [6.45, 7) is 6.58. The second kappa shape index (κ2) is 6.93. The van der Waals surface area contributed by atoms with E-state index in [4.69, 9.17) is 9.47 Å². The molecule has 0 aromatic heterocycles. The van der Waals surface area contributed by atoms with Crippen molar-refractivity contribution in [3.05, 3.63) is 59.2 Å². The lowest BCUT2D eigenvalue weighted by Gasteiger charge is -2.09. The first-order valence-corrected chi connectivity index (χ1v) is 7.06. The minimum absolute atomic E-state index is 0.0259. The fourth-order valence-electron chi connectivity index (χ4n) is 1.97. The predicted octanol–water partition coefficient (Wildman–Crippen LogP) is 3.96. The van der Waals surface area contributed by atoms with E-state index in [0.29, 0.717) is 17.9 Å². The number of ether oxygens (including phenoxy) is 2. The van der Waals surface area contributed by atoms with Crippen LogP contribution in [0.25, 0.3) is 0 Å². The lowest BCUT2D eigenvalue weighted by molar-refractivity contribution is 0.0921. The Morgan fingerprint density at radius 2 is 1.67 bits per heavy atom. The standard InChI is InChI=1S/C18H20O3/c1-4-20-16-6-5-7-17(11-16)21-12-18(19)15-9-8-13(2)14(3)10-15/h5-11H,4,12H2,1-3H3. The van der Waals surface area contributed by atoms with Crippen molar-refractivity contribution in [1.82, 2.24) is 0 Å².